The van der Waals surface area contributed by atoms with Crippen LogP contribution in [0.1, 0.15) is 5.56 Å². The fourth-order valence-corrected chi connectivity index (χ4v) is 1.39. The monoisotopic (exact) mass is 199 g/mol. The summed E-state index contributed by atoms with van der Waals surface area (Å²) in [4.78, 5) is 4.04. The van der Waals surface area contributed by atoms with E-state index in [1.165, 1.54) is 0 Å². The molecular weight excluding hydrogens is 186 g/mol. The van der Waals surface area contributed by atoms with Crippen LogP contribution in [0.5, 0.6) is 0 Å². The average Bonchev–Trinajstić information content (AvgIpc) is 2.22. The minimum atomic E-state index is 0.756. The van der Waals surface area contributed by atoms with Crippen molar-refractivity contribution in [1.29, 1.82) is 0 Å². The number of nitrogen functional groups attached to an aromatic ring is 1. The quantitative estimate of drug-likeness (QED) is 0.731. The predicted molar refractivity (Wildman–Crippen MR) is 63.1 cm³/mol. The predicted octanol–water partition coefficient (Wildman–Crippen LogP) is 2.72. The number of benzene rings is 1. The molecule has 0 radical (unpaired) electrons. The summed E-state index contributed by atoms with van der Waals surface area (Å²) < 4.78 is 0. The van der Waals surface area contributed by atoms with Crippen LogP contribution in [0.2, 0.25) is 0 Å². The van der Waals surface area contributed by atoms with Crippen molar-refractivity contribution in [3.8, 4) is 0 Å². The molecule has 3 heteroatoms. The smallest absolute Gasteiger partial charge is 0.0444 e. The molecule has 0 spiro atoms. The summed E-state index contributed by atoms with van der Waals surface area (Å²) >= 11 is 0. The molecule has 15 heavy (non-hydrogen) atoms. The first-order valence-electron chi connectivity index (χ1n) is 4.79. The van der Waals surface area contributed by atoms with E-state index < -0.39 is 0 Å². The number of hydrogen-bond acceptors (Lipinski definition) is 3. The lowest BCUT2D eigenvalue weighted by atomic mass is 10.2. The highest BCUT2D eigenvalue weighted by atomic mass is 14.9. The highest BCUT2D eigenvalue weighted by molar-refractivity contribution is 5.65. The summed E-state index contributed by atoms with van der Waals surface area (Å²) in [5.41, 5.74) is 9.61. The third-order valence-electron chi connectivity index (χ3n) is 2.19. The van der Waals surface area contributed by atoms with Gasteiger partial charge in [-0.05, 0) is 36.8 Å². The molecule has 0 aliphatic rings. The molecule has 0 bridgehead atoms. The van der Waals surface area contributed by atoms with E-state index in [2.05, 4.69) is 10.3 Å². The van der Waals surface area contributed by atoms with Gasteiger partial charge < -0.3 is 11.1 Å². The van der Waals surface area contributed by atoms with Crippen molar-refractivity contribution in [2.24, 2.45) is 0 Å². The van der Waals surface area contributed by atoms with Crippen LogP contribution >= 0.6 is 0 Å². The number of rotatable bonds is 2. The number of nitrogens with zero attached hydrogens (tertiary/aromatic N) is 1. The van der Waals surface area contributed by atoms with Crippen molar-refractivity contribution < 1.29 is 0 Å². The maximum atomic E-state index is 5.70. The number of anilines is 3. The van der Waals surface area contributed by atoms with Crippen LogP contribution < -0.4 is 11.1 Å². The Morgan fingerprint density at radius 3 is 2.87 bits per heavy atom. The van der Waals surface area contributed by atoms with Gasteiger partial charge in [-0.3, -0.25) is 4.98 Å². The molecule has 76 valence electrons. The zero-order chi connectivity index (χ0) is 10.7. The molecule has 1 heterocycles. The summed E-state index contributed by atoms with van der Waals surface area (Å²) in [5.74, 6) is 0. The molecule has 0 aliphatic carbocycles. The zero-order valence-electron chi connectivity index (χ0n) is 8.57. The molecular formula is C12H13N3. The van der Waals surface area contributed by atoms with Gasteiger partial charge in [-0.1, -0.05) is 6.07 Å². The van der Waals surface area contributed by atoms with Gasteiger partial charge in [0, 0.05) is 29.5 Å². The molecule has 3 nitrogen and oxygen atoms in total. The molecule has 1 aromatic heterocycles. The van der Waals surface area contributed by atoms with Crippen LogP contribution in [-0.4, -0.2) is 4.98 Å². The van der Waals surface area contributed by atoms with Gasteiger partial charge in [0.1, 0.15) is 0 Å². The fourth-order valence-electron chi connectivity index (χ4n) is 1.39. The fraction of sp³-hybridized carbons (Fsp3) is 0.0833. The van der Waals surface area contributed by atoms with E-state index in [9.17, 15) is 0 Å². The average molecular weight is 199 g/mol. The molecule has 0 amide bonds. The lowest BCUT2D eigenvalue weighted by molar-refractivity contribution is 1.26. The Bertz CT molecular complexity index is 466. The van der Waals surface area contributed by atoms with Crippen molar-refractivity contribution in [3.05, 3.63) is 48.3 Å². The van der Waals surface area contributed by atoms with Crippen molar-refractivity contribution in [1.82, 2.24) is 4.98 Å². The standard InChI is InChI=1S/C12H13N3/c1-9-8-14-6-5-12(9)15-11-4-2-3-10(13)7-11/h2-8H,13H2,1H3,(H,14,15). The van der Waals surface area contributed by atoms with E-state index in [4.69, 9.17) is 5.73 Å². The van der Waals surface area contributed by atoms with E-state index in [1.54, 1.807) is 6.20 Å². The van der Waals surface area contributed by atoms with Gasteiger partial charge in [0.05, 0.1) is 0 Å². The van der Waals surface area contributed by atoms with Crippen LogP contribution in [0, 0.1) is 6.92 Å². The first kappa shape index (κ1) is 9.52. The normalized spacial score (nSPS) is 9.93. The number of aromatic nitrogens is 1. The minimum Gasteiger partial charge on any atom is -0.399 e. The SMILES string of the molecule is Cc1cnccc1Nc1cccc(N)c1. The van der Waals surface area contributed by atoms with Crippen LogP contribution in [0.25, 0.3) is 0 Å². The van der Waals surface area contributed by atoms with E-state index in [0.29, 0.717) is 0 Å². The second-order valence-corrected chi connectivity index (χ2v) is 3.44. The highest BCUT2D eigenvalue weighted by Gasteiger charge is 1.97. The van der Waals surface area contributed by atoms with Gasteiger partial charge in [-0.2, -0.15) is 0 Å². The molecule has 3 N–H and O–H groups in total. The summed E-state index contributed by atoms with van der Waals surface area (Å²) in [6, 6.07) is 9.62. The van der Waals surface area contributed by atoms with E-state index in [-0.39, 0.29) is 0 Å². The van der Waals surface area contributed by atoms with E-state index >= 15 is 0 Å². The Kier molecular flexibility index (Phi) is 2.54. The number of nitrogens with one attached hydrogen (secondary N) is 1. The van der Waals surface area contributed by atoms with Crippen molar-refractivity contribution >= 4 is 17.1 Å². The second kappa shape index (κ2) is 4.00. The summed E-state index contributed by atoms with van der Waals surface area (Å²) in [7, 11) is 0. The van der Waals surface area contributed by atoms with Crippen molar-refractivity contribution in [3.63, 3.8) is 0 Å². The molecule has 0 saturated carbocycles. The number of hydrogen-bond donors (Lipinski definition) is 2. The molecule has 0 fully saturated rings. The Labute approximate surface area is 89.0 Å². The lowest BCUT2D eigenvalue weighted by Gasteiger charge is -2.08. The maximum absolute atomic E-state index is 5.70. The lowest BCUT2D eigenvalue weighted by Crippen LogP contribution is -1.94. The van der Waals surface area contributed by atoms with Gasteiger partial charge in [0.15, 0.2) is 0 Å². The van der Waals surface area contributed by atoms with Gasteiger partial charge in [0.2, 0.25) is 0 Å². The van der Waals surface area contributed by atoms with Crippen LogP contribution in [-0.2, 0) is 0 Å². The summed E-state index contributed by atoms with van der Waals surface area (Å²) in [6.07, 6.45) is 3.59. The third-order valence-corrected chi connectivity index (χ3v) is 2.19. The molecule has 2 rings (SSSR count). The number of pyridine rings is 1. The largest absolute Gasteiger partial charge is 0.399 e. The maximum Gasteiger partial charge on any atom is 0.0444 e. The third kappa shape index (κ3) is 2.26. The molecule has 0 saturated heterocycles. The topological polar surface area (TPSA) is 50.9 Å². The van der Waals surface area contributed by atoms with E-state index in [1.807, 2.05) is 43.5 Å². The van der Waals surface area contributed by atoms with Gasteiger partial charge in [-0.25, -0.2) is 0 Å². The van der Waals surface area contributed by atoms with Crippen molar-refractivity contribution in [2.75, 3.05) is 11.1 Å². The Hall–Kier alpha value is -2.03. The van der Waals surface area contributed by atoms with Crippen molar-refractivity contribution in [2.45, 2.75) is 6.92 Å². The molecule has 1 aromatic carbocycles. The summed E-state index contributed by atoms with van der Waals surface area (Å²) in [6.45, 7) is 2.02. The first-order chi connectivity index (χ1) is 7.25. The molecule has 2 aromatic rings. The Morgan fingerprint density at radius 1 is 1.27 bits per heavy atom. The van der Waals surface area contributed by atoms with Crippen LogP contribution in [0.15, 0.2) is 42.7 Å². The van der Waals surface area contributed by atoms with Gasteiger partial charge in [-0.15, -0.1) is 0 Å². The van der Waals surface area contributed by atoms with Crippen LogP contribution in [0.3, 0.4) is 0 Å². The Morgan fingerprint density at radius 2 is 2.13 bits per heavy atom. The highest BCUT2D eigenvalue weighted by Crippen LogP contribution is 2.20. The zero-order valence-corrected chi connectivity index (χ0v) is 8.57. The van der Waals surface area contributed by atoms with Gasteiger partial charge >= 0.3 is 0 Å². The first-order valence-corrected chi connectivity index (χ1v) is 4.79. The number of nitrogens with two attached hydrogens (primary N) is 1. The van der Waals surface area contributed by atoms with E-state index in [0.717, 1.165) is 22.6 Å². The number of aryl methyl sites for hydroxylation is 1. The van der Waals surface area contributed by atoms with Crippen LogP contribution in [0.4, 0.5) is 17.1 Å². The van der Waals surface area contributed by atoms with Gasteiger partial charge in [0.25, 0.3) is 0 Å². The Balaban J connectivity index is 2.26. The molecule has 0 aliphatic heterocycles. The molecule has 0 unspecified atom stereocenters. The minimum absolute atomic E-state index is 0.756. The second-order valence-electron chi connectivity index (χ2n) is 3.44. The molecule has 0 atom stereocenters. The summed E-state index contributed by atoms with van der Waals surface area (Å²) in [5, 5.41) is 3.29.